The Morgan fingerprint density at radius 2 is 1.48 bits per heavy atom. The van der Waals surface area contributed by atoms with Crippen LogP contribution in [0.3, 0.4) is 0 Å². The van der Waals surface area contributed by atoms with Crippen LogP contribution in [0, 0.1) is 12.7 Å². The van der Waals surface area contributed by atoms with Crippen LogP contribution in [-0.2, 0) is 0 Å². The molecule has 0 saturated heterocycles. The summed E-state index contributed by atoms with van der Waals surface area (Å²) in [6.45, 7) is 4.95. The van der Waals surface area contributed by atoms with Gasteiger partial charge in [0, 0.05) is 18.7 Å². The molecule has 0 unspecified atom stereocenters. The molecule has 0 aliphatic heterocycles. The third-order valence-electron chi connectivity index (χ3n) is 3.77. The zero-order valence-corrected chi connectivity index (χ0v) is 15.1. The van der Waals surface area contributed by atoms with E-state index in [1.807, 2.05) is 33.1 Å². The van der Waals surface area contributed by atoms with E-state index in [0.717, 1.165) is 25.9 Å². The van der Waals surface area contributed by atoms with E-state index in [9.17, 15) is 9.18 Å². The van der Waals surface area contributed by atoms with Crippen LogP contribution in [0.1, 0.15) is 28.8 Å². The molecule has 0 bridgehead atoms. The van der Waals surface area contributed by atoms with Gasteiger partial charge in [-0.2, -0.15) is 0 Å². The Hall–Kier alpha value is -1.46. The molecular weight excluding hydrogens is 293 g/mol. The number of nitrogens with zero attached hydrogens (tertiary/aromatic N) is 3. The quantitative estimate of drug-likeness (QED) is 0.698. The van der Waals surface area contributed by atoms with E-state index in [-0.39, 0.29) is 11.7 Å². The maximum atomic E-state index is 13.7. The molecular formula is C18H30FN3O. The smallest absolute Gasteiger partial charge is 0.253 e. The normalized spacial score (nSPS) is 11.3. The summed E-state index contributed by atoms with van der Waals surface area (Å²) in [6, 6.07) is 4.73. The largest absolute Gasteiger partial charge is 0.339 e. The van der Waals surface area contributed by atoms with E-state index in [1.165, 1.54) is 6.07 Å². The molecule has 0 heterocycles. The van der Waals surface area contributed by atoms with Gasteiger partial charge in [-0.05, 0) is 78.7 Å². The molecule has 23 heavy (non-hydrogen) atoms. The molecule has 0 aliphatic carbocycles. The SMILES string of the molecule is Cc1ccc(C(=O)N(CCCN(C)C)CCCN(C)C)cc1F. The van der Waals surface area contributed by atoms with Crippen molar-refractivity contribution in [2.45, 2.75) is 19.8 Å². The first kappa shape index (κ1) is 19.6. The van der Waals surface area contributed by atoms with E-state index < -0.39 is 0 Å². The molecule has 0 radical (unpaired) electrons. The van der Waals surface area contributed by atoms with E-state index in [1.54, 1.807) is 19.1 Å². The minimum Gasteiger partial charge on any atom is -0.339 e. The van der Waals surface area contributed by atoms with Crippen molar-refractivity contribution >= 4 is 5.91 Å². The molecule has 0 N–H and O–H groups in total. The van der Waals surface area contributed by atoms with Gasteiger partial charge in [-0.3, -0.25) is 4.79 Å². The molecule has 0 aliphatic rings. The topological polar surface area (TPSA) is 26.8 Å². The molecule has 0 saturated carbocycles. The molecule has 130 valence electrons. The third kappa shape index (κ3) is 7.10. The van der Waals surface area contributed by atoms with Crippen molar-refractivity contribution in [2.24, 2.45) is 0 Å². The maximum absolute atomic E-state index is 13.7. The van der Waals surface area contributed by atoms with Gasteiger partial charge in [-0.25, -0.2) is 4.39 Å². The van der Waals surface area contributed by atoms with Gasteiger partial charge in [-0.1, -0.05) is 6.07 Å². The van der Waals surface area contributed by atoms with Crippen molar-refractivity contribution < 1.29 is 9.18 Å². The Morgan fingerprint density at radius 3 is 1.91 bits per heavy atom. The minimum absolute atomic E-state index is 0.0820. The standard InChI is InChI=1S/C18H30FN3O/c1-15-8-9-16(14-17(15)19)18(23)22(12-6-10-20(2)3)13-7-11-21(4)5/h8-9,14H,6-7,10-13H2,1-5H3. The van der Waals surface area contributed by atoms with Crippen LogP contribution in [0.15, 0.2) is 18.2 Å². The molecule has 1 rings (SSSR count). The van der Waals surface area contributed by atoms with Crippen molar-refractivity contribution in [1.82, 2.24) is 14.7 Å². The van der Waals surface area contributed by atoms with E-state index in [4.69, 9.17) is 0 Å². The second kappa shape index (κ2) is 9.63. The number of amides is 1. The highest BCUT2D eigenvalue weighted by atomic mass is 19.1. The number of benzene rings is 1. The molecule has 4 nitrogen and oxygen atoms in total. The van der Waals surface area contributed by atoms with Crippen LogP contribution in [-0.4, -0.2) is 75.0 Å². The molecule has 1 aromatic rings. The number of hydrogen-bond donors (Lipinski definition) is 0. The summed E-state index contributed by atoms with van der Waals surface area (Å²) in [6.07, 6.45) is 1.82. The predicted molar refractivity (Wildman–Crippen MR) is 93.4 cm³/mol. The molecule has 0 aromatic heterocycles. The molecule has 5 heteroatoms. The second-order valence-corrected chi connectivity index (χ2v) is 6.57. The molecule has 0 spiro atoms. The first-order valence-electron chi connectivity index (χ1n) is 8.16. The number of carbonyl (C=O) groups excluding carboxylic acids is 1. The Labute approximate surface area is 139 Å². The lowest BCUT2D eigenvalue weighted by Gasteiger charge is -2.24. The Balaban J connectivity index is 2.74. The van der Waals surface area contributed by atoms with Gasteiger partial charge in [0.15, 0.2) is 0 Å². The van der Waals surface area contributed by atoms with Crippen LogP contribution in [0.2, 0.25) is 0 Å². The Morgan fingerprint density at radius 1 is 0.957 bits per heavy atom. The summed E-state index contributed by atoms with van der Waals surface area (Å²) in [4.78, 5) is 18.7. The molecule has 0 atom stereocenters. The lowest BCUT2D eigenvalue weighted by Crippen LogP contribution is -2.35. The summed E-state index contributed by atoms with van der Waals surface area (Å²) < 4.78 is 13.7. The first-order chi connectivity index (χ1) is 10.8. The average Bonchev–Trinajstić information content (AvgIpc) is 2.47. The monoisotopic (exact) mass is 323 g/mol. The van der Waals surface area contributed by atoms with Gasteiger partial charge in [0.25, 0.3) is 5.91 Å². The highest BCUT2D eigenvalue weighted by Crippen LogP contribution is 2.12. The van der Waals surface area contributed by atoms with E-state index in [2.05, 4.69) is 9.80 Å². The molecule has 1 amide bonds. The van der Waals surface area contributed by atoms with Gasteiger partial charge in [0.05, 0.1) is 0 Å². The number of hydrogen-bond acceptors (Lipinski definition) is 3. The lowest BCUT2D eigenvalue weighted by atomic mass is 10.1. The Bertz CT molecular complexity index is 489. The van der Waals surface area contributed by atoms with Crippen molar-refractivity contribution in [3.05, 3.63) is 35.1 Å². The summed E-state index contributed by atoms with van der Waals surface area (Å²) in [5.74, 6) is -0.404. The van der Waals surface area contributed by atoms with Crippen molar-refractivity contribution in [3.8, 4) is 0 Å². The number of rotatable bonds is 9. The highest BCUT2D eigenvalue weighted by molar-refractivity contribution is 5.94. The fraction of sp³-hybridized carbons (Fsp3) is 0.611. The lowest BCUT2D eigenvalue weighted by molar-refractivity contribution is 0.0744. The number of halogens is 1. The summed E-state index contributed by atoms with van der Waals surface area (Å²) in [7, 11) is 8.09. The van der Waals surface area contributed by atoms with Crippen molar-refractivity contribution in [1.29, 1.82) is 0 Å². The zero-order valence-electron chi connectivity index (χ0n) is 15.1. The summed E-state index contributed by atoms with van der Waals surface area (Å²) in [5.41, 5.74) is 0.996. The van der Waals surface area contributed by atoms with Crippen LogP contribution in [0.4, 0.5) is 4.39 Å². The van der Waals surface area contributed by atoms with Gasteiger partial charge in [-0.15, -0.1) is 0 Å². The maximum Gasteiger partial charge on any atom is 0.253 e. The second-order valence-electron chi connectivity index (χ2n) is 6.57. The van der Waals surface area contributed by atoms with E-state index in [0.29, 0.717) is 24.2 Å². The summed E-state index contributed by atoms with van der Waals surface area (Å²) in [5, 5.41) is 0. The van der Waals surface area contributed by atoms with Crippen molar-refractivity contribution in [2.75, 3.05) is 54.4 Å². The minimum atomic E-state index is -0.322. The fourth-order valence-corrected chi connectivity index (χ4v) is 2.38. The van der Waals surface area contributed by atoms with Crippen molar-refractivity contribution in [3.63, 3.8) is 0 Å². The van der Waals surface area contributed by atoms with Gasteiger partial charge < -0.3 is 14.7 Å². The first-order valence-corrected chi connectivity index (χ1v) is 8.16. The molecule has 0 fully saturated rings. The van der Waals surface area contributed by atoms with E-state index >= 15 is 0 Å². The van der Waals surface area contributed by atoms with Gasteiger partial charge in [0.2, 0.25) is 0 Å². The van der Waals surface area contributed by atoms with Crippen LogP contribution >= 0.6 is 0 Å². The van der Waals surface area contributed by atoms with Gasteiger partial charge in [0.1, 0.15) is 5.82 Å². The van der Waals surface area contributed by atoms with Crippen LogP contribution in [0.25, 0.3) is 0 Å². The molecule has 1 aromatic carbocycles. The predicted octanol–water partition coefficient (Wildman–Crippen LogP) is 2.48. The fourth-order valence-electron chi connectivity index (χ4n) is 2.38. The average molecular weight is 323 g/mol. The zero-order chi connectivity index (χ0) is 17.4. The summed E-state index contributed by atoms with van der Waals surface area (Å²) >= 11 is 0. The number of carbonyl (C=O) groups is 1. The highest BCUT2D eigenvalue weighted by Gasteiger charge is 2.16. The third-order valence-corrected chi connectivity index (χ3v) is 3.77. The van der Waals surface area contributed by atoms with Gasteiger partial charge >= 0.3 is 0 Å². The number of aryl methyl sites for hydroxylation is 1. The van der Waals surface area contributed by atoms with Crippen LogP contribution < -0.4 is 0 Å². The Kier molecular flexibility index (Phi) is 8.20. The van der Waals surface area contributed by atoms with Crippen LogP contribution in [0.5, 0.6) is 0 Å².